The van der Waals surface area contributed by atoms with Gasteiger partial charge in [0.15, 0.2) is 0 Å². The van der Waals surface area contributed by atoms with E-state index >= 15 is 0 Å². The minimum absolute atomic E-state index is 0.00240. The van der Waals surface area contributed by atoms with Crippen LogP contribution in [0, 0.1) is 6.92 Å². The zero-order valence-electron chi connectivity index (χ0n) is 12.1. The number of ether oxygens (including phenoxy) is 1. The molecule has 0 fully saturated rings. The fourth-order valence-corrected chi connectivity index (χ4v) is 2.58. The molecular formula is C16H20N2O2S. The van der Waals surface area contributed by atoms with Crippen LogP contribution in [0.25, 0.3) is 0 Å². The summed E-state index contributed by atoms with van der Waals surface area (Å²) in [4.78, 5) is 13.1. The number of carbonyl (C=O) groups excluding carboxylic acids is 1. The van der Waals surface area contributed by atoms with Gasteiger partial charge < -0.3 is 15.8 Å². The number of rotatable bonds is 7. The van der Waals surface area contributed by atoms with Crippen LogP contribution in [0.1, 0.15) is 23.3 Å². The van der Waals surface area contributed by atoms with E-state index in [1.807, 2.05) is 36.6 Å². The van der Waals surface area contributed by atoms with E-state index in [0.717, 1.165) is 11.3 Å². The van der Waals surface area contributed by atoms with Crippen molar-refractivity contribution in [2.75, 3.05) is 17.7 Å². The summed E-state index contributed by atoms with van der Waals surface area (Å²) in [5, 5.41) is 4.92. The predicted octanol–water partition coefficient (Wildman–Crippen LogP) is 3.57. The third kappa shape index (κ3) is 5.21. The average molecular weight is 304 g/mol. The van der Waals surface area contributed by atoms with Crippen LogP contribution >= 0.6 is 11.3 Å². The van der Waals surface area contributed by atoms with Crippen LogP contribution in [-0.4, -0.2) is 12.5 Å². The van der Waals surface area contributed by atoms with Crippen molar-refractivity contribution in [2.45, 2.75) is 26.4 Å². The number of hydrogen-bond acceptors (Lipinski definition) is 4. The number of hydrogen-bond donors (Lipinski definition) is 2. The molecule has 0 bridgehead atoms. The Labute approximate surface area is 128 Å². The molecule has 2 aromatic rings. The normalized spacial score (nSPS) is 10.5. The zero-order valence-corrected chi connectivity index (χ0v) is 12.9. The molecule has 21 heavy (non-hydrogen) atoms. The lowest BCUT2D eigenvalue weighted by Crippen LogP contribution is -2.13. The van der Waals surface area contributed by atoms with E-state index < -0.39 is 0 Å². The Morgan fingerprint density at radius 3 is 2.95 bits per heavy atom. The van der Waals surface area contributed by atoms with Crippen LogP contribution in [0.2, 0.25) is 0 Å². The molecule has 0 saturated heterocycles. The number of nitrogen functional groups attached to an aromatic ring is 1. The number of nitrogens with two attached hydrogens (primary N) is 1. The van der Waals surface area contributed by atoms with Crippen LogP contribution in [0.5, 0.6) is 0 Å². The average Bonchev–Trinajstić information content (AvgIpc) is 2.95. The molecular weight excluding hydrogens is 284 g/mol. The van der Waals surface area contributed by atoms with Gasteiger partial charge in [0.25, 0.3) is 0 Å². The molecule has 4 nitrogen and oxygen atoms in total. The summed E-state index contributed by atoms with van der Waals surface area (Å²) in [5.74, 6) is 0.00240. The Bertz CT molecular complexity index is 582. The van der Waals surface area contributed by atoms with Crippen LogP contribution in [0.4, 0.5) is 11.4 Å². The number of anilines is 2. The maximum atomic E-state index is 11.8. The van der Waals surface area contributed by atoms with E-state index in [4.69, 9.17) is 10.5 Å². The fraction of sp³-hybridized carbons (Fsp3) is 0.312. The van der Waals surface area contributed by atoms with Gasteiger partial charge in [-0.25, -0.2) is 0 Å². The van der Waals surface area contributed by atoms with Gasteiger partial charge in [0.2, 0.25) is 5.91 Å². The van der Waals surface area contributed by atoms with Gasteiger partial charge in [-0.2, -0.15) is 0 Å². The quantitative estimate of drug-likeness (QED) is 0.607. The maximum absolute atomic E-state index is 11.8. The Balaban J connectivity index is 1.65. The number of aryl methyl sites for hydroxylation is 1. The smallest absolute Gasteiger partial charge is 0.224 e. The molecule has 2 rings (SSSR count). The molecule has 112 valence electrons. The van der Waals surface area contributed by atoms with E-state index in [0.29, 0.717) is 31.7 Å². The number of benzene rings is 1. The van der Waals surface area contributed by atoms with Crippen molar-refractivity contribution in [1.29, 1.82) is 0 Å². The van der Waals surface area contributed by atoms with Crippen molar-refractivity contribution in [2.24, 2.45) is 0 Å². The highest BCUT2D eigenvalue weighted by atomic mass is 32.1. The van der Waals surface area contributed by atoms with E-state index in [2.05, 4.69) is 5.32 Å². The van der Waals surface area contributed by atoms with Gasteiger partial charge in [0.05, 0.1) is 6.61 Å². The summed E-state index contributed by atoms with van der Waals surface area (Å²) < 4.78 is 5.53. The second kappa shape index (κ2) is 7.81. The van der Waals surface area contributed by atoms with Crippen LogP contribution < -0.4 is 11.1 Å². The highest BCUT2D eigenvalue weighted by molar-refractivity contribution is 7.09. The lowest BCUT2D eigenvalue weighted by Gasteiger charge is -2.09. The monoisotopic (exact) mass is 304 g/mol. The first-order valence-corrected chi connectivity index (χ1v) is 7.79. The Morgan fingerprint density at radius 1 is 1.38 bits per heavy atom. The first kappa shape index (κ1) is 15.5. The Kier molecular flexibility index (Phi) is 5.78. The molecule has 0 radical (unpaired) electrons. The first-order valence-electron chi connectivity index (χ1n) is 6.91. The van der Waals surface area contributed by atoms with Crippen molar-refractivity contribution in [1.82, 2.24) is 0 Å². The molecule has 0 aliphatic heterocycles. The summed E-state index contributed by atoms with van der Waals surface area (Å²) in [5.41, 5.74) is 8.17. The maximum Gasteiger partial charge on any atom is 0.224 e. The molecule has 0 aliphatic rings. The summed E-state index contributed by atoms with van der Waals surface area (Å²) in [6, 6.07) is 9.51. The lowest BCUT2D eigenvalue weighted by atomic mass is 10.1. The number of amides is 1. The lowest BCUT2D eigenvalue weighted by molar-refractivity contribution is -0.116. The third-order valence-electron chi connectivity index (χ3n) is 3.04. The molecule has 0 unspecified atom stereocenters. The topological polar surface area (TPSA) is 64.3 Å². The van der Waals surface area contributed by atoms with Gasteiger partial charge in [0.1, 0.15) is 0 Å². The fourth-order valence-electron chi connectivity index (χ4n) is 1.94. The summed E-state index contributed by atoms with van der Waals surface area (Å²) in [7, 11) is 0. The Hall–Kier alpha value is -1.85. The van der Waals surface area contributed by atoms with Crippen LogP contribution in [-0.2, 0) is 16.1 Å². The summed E-state index contributed by atoms with van der Waals surface area (Å²) >= 11 is 1.68. The van der Waals surface area contributed by atoms with Crippen LogP contribution in [0.15, 0.2) is 35.7 Å². The van der Waals surface area contributed by atoms with Gasteiger partial charge in [-0.3, -0.25) is 4.79 Å². The highest BCUT2D eigenvalue weighted by Gasteiger charge is 2.05. The zero-order chi connectivity index (χ0) is 15.1. The van der Waals surface area contributed by atoms with Gasteiger partial charge in [-0.1, -0.05) is 6.07 Å². The van der Waals surface area contributed by atoms with Crippen molar-refractivity contribution < 1.29 is 9.53 Å². The standard InChI is InChI=1S/C16H20N2O2S/c1-12-10-13(17)6-7-15(12)18-16(19)5-2-8-20-11-14-4-3-9-21-14/h3-4,6-7,9-10H,2,5,8,11,17H2,1H3,(H,18,19). The second-order valence-electron chi connectivity index (χ2n) is 4.86. The van der Waals surface area contributed by atoms with E-state index in [9.17, 15) is 4.79 Å². The molecule has 1 amide bonds. The highest BCUT2D eigenvalue weighted by Crippen LogP contribution is 2.18. The summed E-state index contributed by atoms with van der Waals surface area (Å²) in [6.07, 6.45) is 1.17. The second-order valence-corrected chi connectivity index (χ2v) is 5.89. The molecule has 1 aromatic heterocycles. The number of nitrogens with one attached hydrogen (secondary N) is 1. The van der Waals surface area contributed by atoms with Crippen LogP contribution in [0.3, 0.4) is 0 Å². The molecule has 0 aliphatic carbocycles. The Morgan fingerprint density at radius 2 is 2.24 bits per heavy atom. The van der Waals surface area contributed by atoms with E-state index in [1.54, 1.807) is 17.4 Å². The molecule has 1 aromatic carbocycles. The molecule has 0 saturated carbocycles. The largest absolute Gasteiger partial charge is 0.399 e. The molecule has 5 heteroatoms. The minimum atomic E-state index is 0.00240. The van der Waals surface area contributed by atoms with Crippen molar-refractivity contribution in [3.05, 3.63) is 46.2 Å². The molecule has 0 spiro atoms. The van der Waals surface area contributed by atoms with Crippen molar-refractivity contribution in [3.8, 4) is 0 Å². The predicted molar refractivity (Wildman–Crippen MR) is 87.4 cm³/mol. The van der Waals surface area contributed by atoms with E-state index in [1.165, 1.54) is 4.88 Å². The number of thiophene rings is 1. The van der Waals surface area contributed by atoms with Crippen molar-refractivity contribution >= 4 is 28.6 Å². The minimum Gasteiger partial charge on any atom is -0.399 e. The molecule has 0 atom stereocenters. The summed E-state index contributed by atoms with van der Waals surface area (Å²) in [6.45, 7) is 3.14. The van der Waals surface area contributed by atoms with E-state index in [-0.39, 0.29) is 5.91 Å². The third-order valence-corrected chi connectivity index (χ3v) is 3.89. The molecule has 1 heterocycles. The number of carbonyl (C=O) groups is 1. The van der Waals surface area contributed by atoms with Gasteiger partial charge in [-0.15, -0.1) is 11.3 Å². The van der Waals surface area contributed by atoms with Crippen molar-refractivity contribution in [3.63, 3.8) is 0 Å². The SMILES string of the molecule is Cc1cc(N)ccc1NC(=O)CCCOCc1cccs1. The first-order chi connectivity index (χ1) is 10.1. The van der Waals surface area contributed by atoms with Gasteiger partial charge in [0, 0.05) is 29.3 Å². The van der Waals surface area contributed by atoms with Gasteiger partial charge in [-0.05, 0) is 48.6 Å². The molecule has 3 N–H and O–H groups in total. The van der Waals surface area contributed by atoms with Gasteiger partial charge >= 0.3 is 0 Å².